The van der Waals surface area contributed by atoms with Gasteiger partial charge in [-0.3, -0.25) is 0 Å². The van der Waals surface area contributed by atoms with Crippen molar-refractivity contribution in [3.8, 4) is 0 Å². The zero-order chi connectivity index (χ0) is 10.2. The first kappa shape index (κ1) is 12.5. The van der Waals surface area contributed by atoms with Crippen LogP contribution in [0.25, 0.3) is 0 Å². The second kappa shape index (κ2) is 7.70. The summed E-state index contributed by atoms with van der Waals surface area (Å²) in [6, 6.07) is 0. The molecule has 2 heteroatoms. The van der Waals surface area contributed by atoms with Gasteiger partial charge in [-0.25, -0.2) is 0 Å². The fraction of sp³-hybridized carbons (Fsp3) is 1.00. The molecule has 84 valence electrons. The summed E-state index contributed by atoms with van der Waals surface area (Å²) in [7, 11) is 0. The van der Waals surface area contributed by atoms with Crippen molar-refractivity contribution in [2.24, 2.45) is 0 Å². The van der Waals surface area contributed by atoms with Crippen LogP contribution in [-0.2, 0) is 4.74 Å². The lowest BCUT2D eigenvalue weighted by molar-refractivity contribution is 0.102. The van der Waals surface area contributed by atoms with Gasteiger partial charge < -0.3 is 4.74 Å². The third-order valence-corrected chi connectivity index (χ3v) is 4.12. The van der Waals surface area contributed by atoms with Crippen molar-refractivity contribution in [3.05, 3.63) is 0 Å². The minimum atomic E-state index is 0.598. The summed E-state index contributed by atoms with van der Waals surface area (Å²) in [6.45, 7) is 3.25. The van der Waals surface area contributed by atoms with E-state index in [-0.39, 0.29) is 0 Å². The van der Waals surface area contributed by atoms with Gasteiger partial charge >= 0.3 is 0 Å². The topological polar surface area (TPSA) is 9.23 Å². The number of hydrogen-bond acceptors (Lipinski definition) is 1. The minimum Gasteiger partial charge on any atom is -0.378 e. The molecule has 0 spiro atoms. The van der Waals surface area contributed by atoms with Crippen LogP contribution in [0.5, 0.6) is 0 Å². The van der Waals surface area contributed by atoms with Crippen molar-refractivity contribution in [2.45, 2.75) is 69.2 Å². The molecule has 14 heavy (non-hydrogen) atoms. The summed E-state index contributed by atoms with van der Waals surface area (Å²) in [4.78, 5) is 0.741. The molecule has 0 aromatic heterocycles. The van der Waals surface area contributed by atoms with Gasteiger partial charge in [0.2, 0.25) is 0 Å². The van der Waals surface area contributed by atoms with Gasteiger partial charge in [-0.05, 0) is 32.1 Å². The molecular weight excluding hydrogens is 240 g/mol. The number of alkyl halides is 1. The maximum Gasteiger partial charge on any atom is 0.0576 e. The first-order valence-corrected chi connectivity index (χ1v) is 7.00. The minimum absolute atomic E-state index is 0.598. The third kappa shape index (κ3) is 5.35. The van der Waals surface area contributed by atoms with E-state index in [9.17, 15) is 0 Å². The fourth-order valence-corrected chi connectivity index (χ4v) is 2.31. The Morgan fingerprint density at radius 3 is 2.86 bits per heavy atom. The summed E-state index contributed by atoms with van der Waals surface area (Å²) >= 11 is 3.67. The van der Waals surface area contributed by atoms with Gasteiger partial charge in [0.05, 0.1) is 6.10 Å². The van der Waals surface area contributed by atoms with Gasteiger partial charge in [-0.1, -0.05) is 42.1 Å². The number of ether oxygens (including phenoxy) is 1. The van der Waals surface area contributed by atoms with Gasteiger partial charge in [0.1, 0.15) is 0 Å². The predicted molar refractivity (Wildman–Crippen MR) is 65.1 cm³/mol. The second-order valence-corrected chi connectivity index (χ2v) is 5.57. The quantitative estimate of drug-likeness (QED) is 0.492. The monoisotopic (exact) mass is 262 g/mol. The summed E-state index contributed by atoms with van der Waals surface area (Å²) in [5.41, 5.74) is 0. The Labute approximate surface area is 96.7 Å². The van der Waals surface area contributed by atoms with E-state index in [1.165, 1.54) is 51.4 Å². The Morgan fingerprint density at radius 1 is 1.36 bits per heavy atom. The van der Waals surface area contributed by atoms with Crippen molar-refractivity contribution in [3.63, 3.8) is 0 Å². The standard InChI is InChI=1S/C12H23BrO/c1-2-11(13)7-4-3-5-8-12-9-6-10-14-12/h11-12H,2-10H2,1H3. The van der Waals surface area contributed by atoms with Crippen LogP contribution in [0.4, 0.5) is 0 Å². The highest BCUT2D eigenvalue weighted by Crippen LogP contribution is 2.19. The van der Waals surface area contributed by atoms with Crippen LogP contribution in [0.2, 0.25) is 0 Å². The van der Waals surface area contributed by atoms with Gasteiger partial charge in [-0.15, -0.1) is 0 Å². The van der Waals surface area contributed by atoms with Crippen molar-refractivity contribution >= 4 is 15.9 Å². The van der Waals surface area contributed by atoms with Crippen molar-refractivity contribution in [1.29, 1.82) is 0 Å². The van der Waals surface area contributed by atoms with E-state index >= 15 is 0 Å². The number of hydrogen-bond donors (Lipinski definition) is 0. The Kier molecular flexibility index (Phi) is 6.88. The van der Waals surface area contributed by atoms with Gasteiger partial charge in [-0.2, -0.15) is 0 Å². The highest BCUT2D eigenvalue weighted by atomic mass is 79.9. The van der Waals surface area contributed by atoms with Crippen LogP contribution in [0.1, 0.15) is 58.3 Å². The summed E-state index contributed by atoms with van der Waals surface area (Å²) in [6.07, 6.45) is 11.2. The first-order chi connectivity index (χ1) is 6.83. The van der Waals surface area contributed by atoms with E-state index in [0.717, 1.165) is 11.4 Å². The Bertz CT molecular complexity index is 132. The Morgan fingerprint density at radius 2 is 2.21 bits per heavy atom. The van der Waals surface area contributed by atoms with Crippen molar-refractivity contribution < 1.29 is 4.74 Å². The molecule has 0 amide bonds. The zero-order valence-electron chi connectivity index (χ0n) is 9.30. The lowest BCUT2D eigenvalue weighted by Gasteiger charge is -2.09. The largest absolute Gasteiger partial charge is 0.378 e. The molecule has 1 fully saturated rings. The molecule has 1 rings (SSSR count). The van der Waals surface area contributed by atoms with Crippen LogP contribution in [-0.4, -0.2) is 17.5 Å². The van der Waals surface area contributed by atoms with Gasteiger partial charge in [0, 0.05) is 11.4 Å². The molecule has 1 nitrogen and oxygen atoms in total. The molecule has 0 radical (unpaired) electrons. The molecule has 1 saturated heterocycles. The molecule has 0 N–H and O–H groups in total. The van der Waals surface area contributed by atoms with Crippen LogP contribution >= 0.6 is 15.9 Å². The number of unbranched alkanes of at least 4 members (excludes halogenated alkanes) is 2. The first-order valence-electron chi connectivity index (χ1n) is 6.08. The third-order valence-electron chi connectivity index (χ3n) is 3.01. The molecule has 2 atom stereocenters. The summed E-state index contributed by atoms with van der Waals surface area (Å²) in [5.74, 6) is 0. The van der Waals surface area contributed by atoms with Crippen LogP contribution in [0.15, 0.2) is 0 Å². The summed E-state index contributed by atoms with van der Waals surface area (Å²) in [5, 5.41) is 0. The van der Waals surface area contributed by atoms with E-state index < -0.39 is 0 Å². The van der Waals surface area contributed by atoms with Crippen LogP contribution in [0, 0.1) is 0 Å². The van der Waals surface area contributed by atoms with E-state index in [1.807, 2.05) is 0 Å². The molecule has 0 aromatic rings. The average Bonchev–Trinajstić information content (AvgIpc) is 2.69. The highest BCUT2D eigenvalue weighted by Gasteiger charge is 2.14. The van der Waals surface area contributed by atoms with Gasteiger partial charge in [0.25, 0.3) is 0 Å². The van der Waals surface area contributed by atoms with Gasteiger partial charge in [0.15, 0.2) is 0 Å². The lowest BCUT2D eigenvalue weighted by atomic mass is 10.1. The SMILES string of the molecule is CCC(Br)CCCCCC1CCCO1. The number of halogens is 1. The predicted octanol–water partition coefficient (Wildman–Crippen LogP) is 4.29. The fourth-order valence-electron chi connectivity index (χ4n) is 1.99. The lowest BCUT2D eigenvalue weighted by Crippen LogP contribution is -2.04. The van der Waals surface area contributed by atoms with E-state index in [2.05, 4.69) is 22.9 Å². The Hall–Kier alpha value is 0.440. The molecule has 0 saturated carbocycles. The van der Waals surface area contributed by atoms with E-state index in [4.69, 9.17) is 4.74 Å². The summed E-state index contributed by atoms with van der Waals surface area (Å²) < 4.78 is 5.59. The van der Waals surface area contributed by atoms with Crippen LogP contribution in [0.3, 0.4) is 0 Å². The maximum absolute atomic E-state index is 5.59. The normalized spacial score (nSPS) is 24.0. The Balaban J connectivity index is 1.84. The molecule has 2 unspecified atom stereocenters. The average molecular weight is 263 g/mol. The maximum atomic E-state index is 5.59. The molecular formula is C12H23BrO. The molecule has 0 aliphatic carbocycles. The molecule has 1 heterocycles. The van der Waals surface area contributed by atoms with Crippen molar-refractivity contribution in [1.82, 2.24) is 0 Å². The van der Waals surface area contributed by atoms with Crippen molar-refractivity contribution in [2.75, 3.05) is 6.61 Å². The second-order valence-electron chi connectivity index (χ2n) is 4.28. The molecule has 1 aliphatic rings. The smallest absolute Gasteiger partial charge is 0.0576 e. The molecule has 0 bridgehead atoms. The number of rotatable bonds is 7. The molecule has 0 aromatic carbocycles. The van der Waals surface area contributed by atoms with E-state index in [1.54, 1.807) is 0 Å². The molecule has 1 aliphatic heterocycles. The van der Waals surface area contributed by atoms with E-state index in [0.29, 0.717) is 6.10 Å². The van der Waals surface area contributed by atoms with Crippen LogP contribution < -0.4 is 0 Å². The highest BCUT2D eigenvalue weighted by molar-refractivity contribution is 9.09. The zero-order valence-corrected chi connectivity index (χ0v) is 10.9.